The first-order valence-electron chi connectivity index (χ1n) is 4.61. The average Bonchev–Trinajstić information content (AvgIpc) is 2.16. The molecule has 13 heavy (non-hydrogen) atoms. The molecule has 0 radical (unpaired) electrons. The molecule has 0 aliphatic heterocycles. The molecule has 1 aliphatic carbocycles. The Bertz CT molecular complexity index is 201. The SMILES string of the molecule is C/C(=C\Cl)COC1CCC(=O)CC1. The third-order valence-corrected chi connectivity index (χ3v) is 2.60. The number of halogens is 1. The van der Waals surface area contributed by atoms with E-state index in [4.69, 9.17) is 16.3 Å². The summed E-state index contributed by atoms with van der Waals surface area (Å²) in [6.07, 6.45) is 3.34. The van der Waals surface area contributed by atoms with E-state index >= 15 is 0 Å². The fourth-order valence-electron chi connectivity index (χ4n) is 1.36. The van der Waals surface area contributed by atoms with E-state index in [0.717, 1.165) is 18.4 Å². The second-order valence-electron chi connectivity index (χ2n) is 3.50. The van der Waals surface area contributed by atoms with Crippen LogP contribution in [0.15, 0.2) is 11.1 Å². The van der Waals surface area contributed by atoms with Crippen LogP contribution in [0.3, 0.4) is 0 Å². The number of ketones is 1. The molecule has 0 bridgehead atoms. The molecule has 3 heteroatoms. The average molecular weight is 203 g/mol. The van der Waals surface area contributed by atoms with Crippen molar-refractivity contribution in [3.05, 3.63) is 11.1 Å². The highest BCUT2D eigenvalue weighted by Crippen LogP contribution is 2.18. The van der Waals surface area contributed by atoms with Crippen LogP contribution in [0.4, 0.5) is 0 Å². The van der Waals surface area contributed by atoms with Crippen molar-refractivity contribution >= 4 is 17.4 Å². The maximum absolute atomic E-state index is 10.9. The molecule has 1 aliphatic rings. The molecule has 0 aromatic carbocycles. The van der Waals surface area contributed by atoms with Crippen molar-refractivity contribution in [2.75, 3.05) is 6.61 Å². The Morgan fingerprint density at radius 2 is 2.23 bits per heavy atom. The zero-order valence-electron chi connectivity index (χ0n) is 7.88. The lowest BCUT2D eigenvalue weighted by atomic mass is 9.96. The zero-order valence-corrected chi connectivity index (χ0v) is 8.64. The van der Waals surface area contributed by atoms with E-state index in [1.165, 1.54) is 5.54 Å². The lowest BCUT2D eigenvalue weighted by Crippen LogP contribution is -2.22. The fourth-order valence-corrected chi connectivity index (χ4v) is 1.42. The molecule has 0 aromatic rings. The number of carbonyl (C=O) groups excluding carboxylic acids is 1. The highest BCUT2D eigenvalue weighted by atomic mass is 35.5. The maximum atomic E-state index is 10.9. The summed E-state index contributed by atoms with van der Waals surface area (Å²) in [4.78, 5) is 10.9. The number of ether oxygens (including phenoxy) is 1. The summed E-state index contributed by atoms with van der Waals surface area (Å²) >= 11 is 5.50. The Balaban J connectivity index is 2.19. The van der Waals surface area contributed by atoms with E-state index in [-0.39, 0.29) is 6.10 Å². The highest BCUT2D eigenvalue weighted by Gasteiger charge is 2.18. The van der Waals surface area contributed by atoms with Gasteiger partial charge in [0, 0.05) is 18.4 Å². The smallest absolute Gasteiger partial charge is 0.133 e. The summed E-state index contributed by atoms with van der Waals surface area (Å²) in [5.41, 5.74) is 2.56. The van der Waals surface area contributed by atoms with Gasteiger partial charge in [-0.05, 0) is 25.3 Å². The van der Waals surface area contributed by atoms with Crippen molar-refractivity contribution in [1.29, 1.82) is 0 Å². The van der Waals surface area contributed by atoms with Gasteiger partial charge in [-0.1, -0.05) is 11.6 Å². The van der Waals surface area contributed by atoms with Crippen molar-refractivity contribution in [1.82, 2.24) is 0 Å². The molecular formula is C10H15ClO2. The molecule has 0 saturated heterocycles. The minimum absolute atomic E-state index is 0.254. The predicted molar refractivity (Wildman–Crippen MR) is 52.8 cm³/mol. The number of hydrogen-bond donors (Lipinski definition) is 0. The maximum Gasteiger partial charge on any atom is 0.133 e. The molecule has 0 spiro atoms. The monoisotopic (exact) mass is 202 g/mol. The van der Waals surface area contributed by atoms with Crippen LogP contribution in [0.25, 0.3) is 0 Å². The minimum Gasteiger partial charge on any atom is -0.374 e. The molecule has 1 saturated carbocycles. The number of Topliss-reactive ketones (excluding diaryl/α,β-unsaturated/α-hetero) is 1. The molecule has 0 aromatic heterocycles. The van der Waals surface area contributed by atoms with Crippen molar-refractivity contribution in [2.24, 2.45) is 0 Å². The molecular weight excluding hydrogens is 188 g/mol. The molecule has 0 unspecified atom stereocenters. The number of rotatable bonds is 3. The largest absolute Gasteiger partial charge is 0.374 e. The Morgan fingerprint density at radius 3 is 2.77 bits per heavy atom. The normalized spacial score (nSPS) is 20.8. The second kappa shape index (κ2) is 5.40. The van der Waals surface area contributed by atoms with Crippen molar-refractivity contribution in [3.8, 4) is 0 Å². The van der Waals surface area contributed by atoms with Crippen LogP contribution in [0, 0.1) is 0 Å². The number of hydrogen-bond acceptors (Lipinski definition) is 2. The van der Waals surface area contributed by atoms with Gasteiger partial charge in [0.05, 0.1) is 12.7 Å². The van der Waals surface area contributed by atoms with E-state index < -0.39 is 0 Å². The summed E-state index contributed by atoms with van der Waals surface area (Å²) in [5, 5.41) is 0. The molecule has 1 fully saturated rings. The lowest BCUT2D eigenvalue weighted by Gasteiger charge is -2.21. The summed E-state index contributed by atoms with van der Waals surface area (Å²) in [5.74, 6) is 0.365. The van der Waals surface area contributed by atoms with Crippen molar-refractivity contribution < 1.29 is 9.53 Å². The van der Waals surface area contributed by atoms with E-state index in [2.05, 4.69) is 0 Å². The standard InChI is InChI=1S/C10H15ClO2/c1-8(6-11)7-13-10-4-2-9(12)3-5-10/h6,10H,2-5,7H2,1H3/b8-6+. The Hall–Kier alpha value is -0.340. The Morgan fingerprint density at radius 1 is 1.62 bits per heavy atom. The first kappa shape index (κ1) is 10.7. The van der Waals surface area contributed by atoms with Crippen LogP contribution in [-0.4, -0.2) is 18.5 Å². The van der Waals surface area contributed by atoms with Crippen LogP contribution in [0.1, 0.15) is 32.6 Å². The van der Waals surface area contributed by atoms with Crippen molar-refractivity contribution in [3.63, 3.8) is 0 Å². The van der Waals surface area contributed by atoms with Crippen LogP contribution in [0.2, 0.25) is 0 Å². The van der Waals surface area contributed by atoms with Gasteiger partial charge in [-0.25, -0.2) is 0 Å². The van der Waals surface area contributed by atoms with E-state index in [1.54, 1.807) is 0 Å². The van der Waals surface area contributed by atoms with Gasteiger partial charge in [-0.15, -0.1) is 0 Å². The summed E-state index contributed by atoms with van der Waals surface area (Å²) < 4.78 is 5.58. The van der Waals surface area contributed by atoms with Gasteiger partial charge in [0.15, 0.2) is 0 Å². The van der Waals surface area contributed by atoms with Gasteiger partial charge in [-0.2, -0.15) is 0 Å². The van der Waals surface area contributed by atoms with Crippen LogP contribution in [0.5, 0.6) is 0 Å². The molecule has 0 N–H and O–H groups in total. The van der Waals surface area contributed by atoms with Gasteiger partial charge >= 0.3 is 0 Å². The van der Waals surface area contributed by atoms with Crippen LogP contribution < -0.4 is 0 Å². The molecule has 74 valence electrons. The van der Waals surface area contributed by atoms with E-state index in [0.29, 0.717) is 25.2 Å². The van der Waals surface area contributed by atoms with E-state index in [9.17, 15) is 4.79 Å². The van der Waals surface area contributed by atoms with Gasteiger partial charge in [-0.3, -0.25) is 4.79 Å². The molecule has 0 amide bonds. The zero-order chi connectivity index (χ0) is 9.68. The molecule has 1 rings (SSSR count). The van der Waals surface area contributed by atoms with E-state index in [1.807, 2.05) is 6.92 Å². The highest BCUT2D eigenvalue weighted by molar-refractivity contribution is 6.25. The second-order valence-corrected chi connectivity index (χ2v) is 3.72. The third kappa shape index (κ3) is 3.92. The first-order chi connectivity index (χ1) is 6.22. The molecule has 2 nitrogen and oxygen atoms in total. The molecule has 0 heterocycles. The van der Waals surface area contributed by atoms with Gasteiger partial charge in [0.1, 0.15) is 5.78 Å². The summed E-state index contributed by atoms with van der Waals surface area (Å²) in [6, 6.07) is 0. The summed E-state index contributed by atoms with van der Waals surface area (Å²) in [6.45, 7) is 2.52. The third-order valence-electron chi connectivity index (χ3n) is 2.22. The minimum atomic E-state index is 0.254. The quantitative estimate of drug-likeness (QED) is 0.704. The van der Waals surface area contributed by atoms with Gasteiger partial charge in [0.2, 0.25) is 0 Å². The van der Waals surface area contributed by atoms with Crippen LogP contribution in [-0.2, 0) is 9.53 Å². The molecule has 0 atom stereocenters. The Kier molecular flexibility index (Phi) is 4.46. The number of carbonyl (C=O) groups is 1. The topological polar surface area (TPSA) is 26.3 Å². The summed E-state index contributed by atoms with van der Waals surface area (Å²) in [7, 11) is 0. The van der Waals surface area contributed by atoms with Crippen LogP contribution >= 0.6 is 11.6 Å². The van der Waals surface area contributed by atoms with Crippen molar-refractivity contribution in [2.45, 2.75) is 38.7 Å². The van der Waals surface area contributed by atoms with Gasteiger partial charge < -0.3 is 4.74 Å². The Labute approximate surface area is 83.9 Å². The predicted octanol–water partition coefficient (Wildman–Crippen LogP) is 2.66. The first-order valence-corrected chi connectivity index (χ1v) is 5.05. The fraction of sp³-hybridized carbons (Fsp3) is 0.700. The van der Waals surface area contributed by atoms with Gasteiger partial charge in [0.25, 0.3) is 0 Å². The lowest BCUT2D eigenvalue weighted by molar-refractivity contribution is -0.122.